The molecule has 0 aliphatic rings. The summed E-state index contributed by atoms with van der Waals surface area (Å²) in [6, 6.07) is 3.61. The molecule has 0 bridgehead atoms. The standard InChI is InChI=1S/C8H11BrN2O/c9-8-5-6(1-3-11-8)7(10)2-4-12/h1,3,5,7,12H,2,4,10H2/t7-/m1/s1. The highest BCUT2D eigenvalue weighted by molar-refractivity contribution is 9.10. The number of aromatic nitrogens is 1. The number of aliphatic hydroxyl groups excluding tert-OH is 1. The molecule has 1 aromatic heterocycles. The molecule has 3 N–H and O–H groups in total. The molecule has 0 saturated heterocycles. The Hall–Kier alpha value is -0.450. The number of nitrogens with two attached hydrogens (primary N) is 1. The summed E-state index contributed by atoms with van der Waals surface area (Å²) in [5, 5.41) is 8.66. The number of nitrogens with zero attached hydrogens (tertiary/aromatic N) is 1. The van der Waals surface area contributed by atoms with Crippen LogP contribution in [-0.2, 0) is 0 Å². The summed E-state index contributed by atoms with van der Waals surface area (Å²) in [5.41, 5.74) is 6.76. The number of pyridine rings is 1. The number of rotatable bonds is 3. The average Bonchev–Trinajstić information content (AvgIpc) is 2.05. The quantitative estimate of drug-likeness (QED) is 0.769. The number of hydrogen-bond acceptors (Lipinski definition) is 3. The zero-order chi connectivity index (χ0) is 8.97. The van der Waals surface area contributed by atoms with E-state index in [9.17, 15) is 0 Å². The van der Waals surface area contributed by atoms with Crippen molar-refractivity contribution in [2.45, 2.75) is 12.5 Å². The van der Waals surface area contributed by atoms with E-state index in [2.05, 4.69) is 20.9 Å². The third kappa shape index (κ3) is 2.55. The molecule has 0 aliphatic heterocycles. The van der Waals surface area contributed by atoms with Crippen LogP contribution in [0.15, 0.2) is 22.9 Å². The topological polar surface area (TPSA) is 59.1 Å². The molecular formula is C8H11BrN2O. The molecule has 0 radical (unpaired) electrons. The lowest BCUT2D eigenvalue weighted by molar-refractivity contribution is 0.276. The molecule has 1 rings (SSSR count). The van der Waals surface area contributed by atoms with Crippen LogP contribution < -0.4 is 5.73 Å². The van der Waals surface area contributed by atoms with Crippen LogP contribution in [-0.4, -0.2) is 16.7 Å². The van der Waals surface area contributed by atoms with E-state index in [4.69, 9.17) is 10.8 Å². The first-order valence-electron chi connectivity index (χ1n) is 3.72. The summed E-state index contributed by atoms with van der Waals surface area (Å²) in [6.07, 6.45) is 2.27. The summed E-state index contributed by atoms with van der Waals surface area (Å²) in [7, 11) is 0. The van der Waals surface area contributed by atoms with E-state index in [0.717, 1.165) is 10.2 Å². The maximum atomic E-state index is 8.66. The van der Waals surface area contributed by atoms with Gasteiger partial charge in [0.25, 0.3) is 0 Å². The Labute approximate surface area is 79.7 Å². The fourth-order valence-electron chi connectivity index (χ4n) is 0.954. The molecule has 3 nitrogen and oxygen atoms in total. The highest BCUT2D eigenvalue weighted by Gasteiger charge is 2.04. The summed E-state index contributed by atoms with van der Waals surface area (Å²) in [4.78, 5) is 3.98. The Morgan fingerprint density at radius 3 is 3.00 bits per heavy atom. The first-order valence-corrected chi connectivity index (χ1v) is 4.51. The molecule has 0 unspecified atom stereocenters. The summed E-state index contributed by atoms with van der Waals surface area (Å²) >= 11 is 3.25. The molecule has 0 aromatic carbocycles. The van der Waals surface area contributed by atoms with Crippen LogP contribution in [0.4, 0.5) is 0 Å². The number of hydrogen-bond donors (Lipinski definition) is 2. The van der Waals surface area contributed by atoms with Gasteiger partial charge in [-0.15, -0.1) is 0 Å². The van der Waals surface area contributed by atoms with E-state index < -0.39 is 0 Å². The summed E-state index contributed by atoms with van der Waals surface area (Å²) < 4.78 is 0.772. The SMILES string of the molecule is N[C@H](CCO)c1ccnc(Br)c1. The zero-order valence-corrected chi connectivity index (χ0v) is 8.16. The van der Waals surface area contributed by atoms with Crippen LogP contribution in [0.2, 0.25) is 0 Å². The molecule has 0 spiro atoms. The van der Waals surface area contributed by atoms with Gasteiger partial charge in [0.05, 0.1) is 0 Å². The zero-order valence-electron chi connectivity index (χ0n) is 6.57. The molecule has 66 valence electrons. The Morgan fingerprint density at radius 2 is 2.42 bits per heavy atom. The first kappa shape index (κ1) is 9.64. The van der Waals surface area contributed by atoms with Crippen LogP contribution in [0.3, 0.4) is 0 Å². The van der Waals surface area contributed by atoms with Crippen molar-refractivity contribution in [1.82, 2.24) is 4.98 Å². The molecule has 0 saturated carbocycles. The van der Waals surface area contributed by atoms with Crippen molar-refractivity contribution in [1.29, 1.82) is 0 Å². The van der Waals surface area contributed by atoms with E-state index in [1.165, 1.54) is 0 Å². The second kappa shape index (κ2) is 4.54. The molecule has 1 atom stereocenters. The van der Waals surface area contributed by atoms with Crippen molar-refractivity contribution >= 4 is 15.9 Å². The molecule has 12 heavy (non-hydrogen) atoms. The fourth-order valence-corrected chi connectivity index (χ4v) is 1.34. The normalized spacial score (nSPS) is 12.9. The van der Waals surface area contributed by atoms with Gasteiger partial charge in [-0.3, -0.25) is 0 Å². The number of halogens is 1. The van der Waals surface area contributed by atoms with Crippen LogP contribution in [0, 0.1) is 0 Å². The van der Waals surface area contributed by atoms with E-state index in [1.54, 1.807) is 6.20 Å². The van der Waals surface area contributed by atoms with Crippen LogP contribution in [0.1, 0.15) is 18.0 Å². The Bertz CT molecular complexity index is 255. The summed E-state index contributed by atoms with van der Waals surface area (Å²) in [6.45, 7) is 0.112. The van der Waals surface area contributed by atoms with Crippen molar-refractivity contribution in [3.8, 4) is 0 Å². The van der Waals surface area contributed by atoms with E-state index in [0.29, 0.717) is 6.42 Å². The van der Waals surface area contributed by atoms with Gasteiger partial charge in [-0.2, -0.15) is 0 Å². The van der Waals surface area contributed by atoms with Gasteiger partial charge >= 0.3 is 0 Å². The van der Waals surface area contributed by atoms with Crippen molar-refractivity contribution < 1.29 is 5.11 Å². The lowest BCUT2D eigenvalue weighted by Crippen LogP contribution is -2.11. The fraction of sp³-hybridized carbons (Fsp3) is 0.375. The van der Waals surface area contributed by atoms with Crippen LogP contribution in [0.25, 0.3) is 0 Å². The molecule has 4 heteroatoms. The van der Waals surface area contributed by atoms with Crippen LogP contribution >= 0.6 is 15.9 Å². The molecule has 1 heterocycles. The lowest BCUT2D eigenvalue weighted by atomic mass is 10.1. The maximum Gasteiger partial charge on any atom is 0.106 e. The largest absolute Gasteiger partial charge is 0.396 e. The van der Waals surface area contributed by atoms with Gasteiger partial charge in [-0.05, 0) is 40.0 Å². The van der Waals surface area contributed by atoms with Gasteiger partial charge in [-0.1, -0.05) is 0 Å². The lowest BCUT2D eigenvalue weighted by Gasteiger charge is -2.09. The Balaban J connectivity index is 2.73. The molecule has 1 aromatic rings. The van der Waals surface area contributed by atoms with Crippen molar-refractivity contribution in [2.75, 3.05) is 6.61 Å². The van der Waals surface area contributed by atoms with Gasteiger partial charge in [0, 0.05) is 18.8 Å². The molecule has 0 aliphatic carbocycles. The van der Waals surface area contributed by atoms with E-state index in [-0.39, 0.29) is 12.6 Å². The third-order valence-corrected chi connectivity index (χ3v) is 2.05. The van der Waals surface area contributed by atoms with Crippen molar-refractivity contribution in [3.05, 3.63) is 28.5 Å². The summed E-state index contributed by atoms with van der Waals surface area (Å²) in [5.74, 6) is 0. The minimum Gasteiger partial charge on any atom is -0.396 e. The minimum absolute atomic E-state index is 0.103. The van der Waals surface area contributed by atoms with E-state index >= 15 is 0 Å². The molecule has 0 amide bonds. The molecular weight excluding hydrogens is 220 g/mol. The monoisotopic (exact) mass is 230 g/mol. The highest BCUT2D eigenvalue weighted by atomic mass is 79.9. The predicted octanol–water partition coefficient (Wildman–Crippen LogP) is 1.23. The third-order valence-electron chi connectivity index (χ3n) is 1.62. The number of aliphatic hydroxyl groups is 1. The minimum atomic E-state index is -0.103. The second-order valence-corrected chi connectivity index (χ2v) is 3.34. The van der Waals surface area contributed by atoms with Gasteiger partial charge in [-0.25, -0.2) is 4.98 Å². The molecule has 0 fully saturated rings. The van der Waals surface area contributed by atoms with E-state index in [1.807, 2.05) is 12.1 Å². The Kier molecular flexibility index (Phi) is 3.65. The van der Waals surface area contributed by atoms with Gasteiger partial charge in [0.1, 0.15) is 4.60 Å². The Morgan fingerprint density at radius 1 is 1.67 bits per heavy atom. The van der Waals surface area contributed by atoms with Crippen molar-refractivity contribution in [3.63, 3.8) is 0 Å². The predicted molar refractivity (Wildman–Crippen MR) is 50.6 cm³/mol. The first-order chi connectivity index (χ1) is 5.74. The second-order valence-electron chi connectivity index (χ2n) is 2.53. The van der Waals surface area contributed by atoms with Gasteiger partial charge < -0.3 is 10.8 Å². The maximum absolute atomic E-state index is 8.66. The average molecular weight is 231 g/mol. The highest BCUT2D eigenvalue weighted by Crippen LogP contribution is 2.16. The van der Waals surface area contributed by atoms with Crippen LogP contribution in [0.5, 0.6) is 0 Å². The van der Waals surface area contributed by atoms with Crippen molar-refractivity contribution in [2.24, 2.45) is 5.73 Å². The van der Waals surface area contributed by atoms with Gasteiger partial charge in [0.2, 0.25) is 0 Å². The van der Waals surface area contributed by atoms with Gasteiger partial charge in [0.15, 0.2) is 0 Å². The smallest absolute Gasteiger partial charge is 0.106 e.